The van der Waals surface area contributed by atoms with E-state index in [0.29, 0.717) is 40.3 Å². The molecule has 1 atom stereocenters. The molecule has 0 radical (unpaired) electrons. The second kappa shape index (κ2) is 11.1. The van der Waals surface area contributed by atoms with Crippen LogP contribution >= 0.6 is 15.9 Å². The Morgan fingerprint density at radius 2 is 1.87 bits per heavy atom. The predicted molar refractivity (Wildman–Crippen MR) is 115 cm³/mol. The highest BCUT2D eigenvalue weighted by Gasteiger charge is 2.18. The fourth-order valence-corrected chi connectivity index (χ4v) is 3.42. The molecule has 0 aromatic heterocycles. The third kappa shape index (κ3) is 6.31. The van der Waals surface area contributed by atoms with Crippen LogP contribution in [0.25, 0.3) is 0 Å². The summed E-state index contributed by atoms with van der Waals surface area (Å²) in [6.45, 7) is 3.69. The summed E-state index contributed by atoms with van der Waals surface area (Å²) in [5.74, 6) is 0.108. The lowest BCUT2D eigenvalue weighted by molar-refractivity contribution is 0.0161. The van der Waals surface area contributed by atoms with Crippen molar-refractivity contribution in [2.45, 2.75) is 38.7 Å². The minimum atomic E-state index is -0.496. The first kappa shape index (κ1) is 22.3. The first-order valence-corrected chi connectivity index (χ1v) is 10.9. The number of carbonyl (C=O) groups excluding carboxylic acids is 2. The van der Waals surface area contributed by atoms with Crippen molar-refractivity contribution in [2.24, 2.45) is 0 Å². The van der Waals surface area contributed by atoms with Gasteiger partial charge in [0.25, 0.3) is 0 Å². The molecule has 0 aliphatic carbocycles. The molecule has 30 heavy (non-hydrogen) atoms. The van der Waals surface area contributed by atoms with Crippen molar-refractivity contribution in [2.75, 3.05) is 19.8 Å². The van der Waals surface area contributed by atoms with E-state index in [1.165, 1.54) is 0 Å². The maximum atomic E-state index is 12.4. The van der Waals surface area contributed by atoms with Crippen molar-refractivity contribution >= 4 is 27.9 Å². The Morgan fingerprint density at radius 3 is 2.53 bits per heavy atom. The van der Waals surface area contributed by atoms with Crippen LogP contribution in [-0.2, 0) is 9.47 Å². The number of rotatable bonds is 9. The Bertz CT molecular complexity index is 858. The molecule has 0 saturated carbocycles. The molecule has 1 saturated heterocycles. The summed E-state index contributed by atoms with van der Waals surface area (Å²) in [6.07, 6.45) is 3.90. The minimum Gasteiger partial charge on any atom is -0.492 e. The highest BCUT2D eigenvalue weighted by molar-refractivity contribution is 9.10. The van der Waals surface area contributed by atoms with Gasteiger partial charge in [-0.3, -0.25) is 0 Å². The second-order valence-electron chi connectivity index (χ2n) is 6.99. The van der Waals surface area contributed by atoms with E-state index in [-0.39, 0.29) is 12.7 Å². The predicted octanol–water partition coefficient (Wildman–Crippen LogP) is 5.18. The number of hydrogen-bond donors (Lipinski definition) is 0. The van der Waals surface area contributed by atoms with Gasteiger partial charge in [0.05, 0.1) is 28.3 Å². The van der Waals surface area contributed by atoms with Crippen molar-refractivity contribution in [3.8, 4) is 11.5 Å². The first-order chi connectivity index (χ1) is 14.6. The van der Waals surface area contributed by atoms with Gasteiger partial charge in [-0.2, -0.15) is 0 Å². The van der Waals surface area contributed by atoms with Gasteiger partial charge in [0.1, 0.15) is 18.1 Å². The van der Waals surface area contributed by atoms with Crippen LogP contribution in [0.3, 0.4) is 0 Å². The molecule has 1 unspecified atom stereocenters. The van der Waals surface area contributed by atoms with Gasteiger partial charge in [-0.25, -0.2) is 9.59 Å². The van der Waals surface area contributed by atoms with Crippen LogP contribution in [0.15, 0.2) is 46.9 Å². The van der Waals surface area contributed by atoms with E-state index in [1.807, 2.05) is 0 Å². The molecule has 0 N–H and O–H groups in total. The van der Waals surface area contributed by atoms with Crippen molar-refractivity contribution in [3.63, 3.8) is 0 Å². The van der Waals surface area contributed by atoms with E-state index in [2.05, 4.69) is 22.9 Å². The summed E-state index contributed by atoms with van der Waals surface area (Å²) >= 11 is 3.42. The minimum absolute atomic E-state index is 0.0167. The molecule has 1 heterocycles. The second-order valence-corrected chi connectivity index (χ2v) is 7.85. The van der Waals surface area contributed by atoms with Gasteiger partial charge >= 0.3 is 11.9 Å². The molecule has 160 valence electrons. The number of halogens is 1. The monoisotopic (exact) mass is 476 g/mol. The van der Waals surface area contributed by atoms with Gasteiger partial charge in [0.15, 0.2) is 0 Å². The Labute approximate surface area is 184 Å². The number of unbranched alkanes of at least 4 members (excludes halogenated alkanes) is 1. The lowest BCUT2D eigenvalue weighted by atomic mass is 10.2. The van der Waals surface area contributed by atoms with E-state index >= 15 is 0 Å². The summed E-state index contributed by atoms with van der Waals surface area (Å²) in [5.41, 5.74) is 0.786. The van der Waals surface area contributed by atoms with E-state index in [9.17, 15) is 9.59 Å². The Kier molecular flexibility index (Phi) is 8.28. The van der Waals surface area contributed by atoms with Crippen LogP contribution < -0.4 is 9.47 Å². The Morgan fingerprint density at radius 1 is 1.10 bits per heavy atom. The van der Waals surface area contributed by atoms with Crippen molar-refractivity contribution < 1.29 is 28.5 Å². The lowest BCUT2D eigenvalue weighted by Gasteiger charge is -2.11. The quantitative estimate of drug-likeness (QED) is 0.282. The standard InChI is InChI=1S/C23H25BrO6/c1-2-3-12-28-21-11-8-17(14-20(21)24)23(26)30-18-9-6-16(7-10-18)22(25)29-15-19-5-4-13-27-19/h6-11,14,19H,2-5,12-13,15H2,1H3. The average Bonchev–Trinajstić information content (AvgIpc) is 3.27. The normalized spacial score (nSPS) is 15.6. The number of esters is 2. The zero-order valence-electron chi connectivity index (χ0n) is 16.9. The van der Waals surface area contributed by atoms with Crippen LogP contribution in [0.2, 0.25) is 0 Å². The van der Waals surface area contributed by atoms with Crippen LogP contribution in [-0.4, -0.2) is 37.9 Å². The molecule has 2 aromatic rings. The smallest absolute Gasteiger partial charge is 0.343 e. The summed E-state index contributed by atoms with van der Waals surface area (Å²) in [5, 5.41) is 0. The SMILES string of the molecule is CCCCOc1ccc(C(=O)Oc2ccc(C(=O)OCC3CCCO3)cc2)cc1Br. The summed E-state index contributed by atoms with van der Waals surface area (Å²) in [4.78, 5) is 24.5. The number of ether oxygens (including phenoxy) is 4. The lowest BCUT2D eigenvalue weighted by Crippen LogP contribution is -2.17. The summed E-state index contributed by atoms with van der Waals surface area (Å²) in [6, 6.07) is 11.3. The van der Waals surface area contributed by atoms with E-state index in [0.717, 1.165) is 25.7 Å². The molecule has 0 amide bonds. The highest BCUT2D eigenvalue weighted by atomic mass is 79.9. The van der Waals surface area contributed by atoms with E-state index in [4.69, 9.17) is 18.9 Å². The van der Waals surface area contributed by atoms with Gasteiger partial charge in [0, 0.05) is 6.61 Å². The zero-order chi connectivity index (χ0) is 21.3. The largest absolute Gasteiger partial charge is 0.492 e. The van der Waals surface area contributed by atoms with E-state index < -0.39 is 11.9 Å². The number of carbonyl (C=O) groups is 2. The van der Waals surface area contributed by atoms with E-state index in [1.54, 1.807) is 42.5 Å². The van der Waals surface area contributed by atoms with Gasteiger partial charge in [-0.1, -0.05) is 13.3 Å². The van der Waals surface area contributed by atoms with Crippen molar-refractivity contribution in [1.82, 2.24) is 0 Å². The van der Waals surface area contributed by atoms with Crippen LogP contribution in [0.1, 0.15) is 53.3 Å². The number of benzene rings is 2. The van der Waals surface area contributed by atoms with Crippen LogP contribution in [0.5, 0.6) is 11.5 Å². The van der Waals surface area contributed by atoms with Gasteiger partial charge < -0.3 is 18.9 Å². The van der Waals surface area contributed by atoms with Crippen LogP contribution in [0, 0.1) is 0 Å². The van der Waals surface area contributed by atoms with Gasteiger partial charge in [-0.15, -0.1) is 0 Å². The van der Waals surface area contributed by atoms with Crippen LogP contribution in [0.4, 0.5) is 0 Å². The Hall–Kier alpha value is -2.38. The van der Waals surface area contributed by atoms with Crippen molar-refractivity contribution in [3.05, 3.63) is 58.1 Å². The summed E-state index contributed by atoms with van der Waals surface area (Å²) in [7, 11) is 0. The molecule has 1 aliphatic rings. The molecule has 6 nitrogen and oxygen atoms in total. The third-order valence-corrected chi connectivity index (χ3v) is 5.27. The topological polar surface area (TPSA) is 71.1 Å². The summed E-state index contributed by atoms with van der Waals surface area (Å²) < 4.78 is 22.5. The van der Waals surface area contributed by atoms with Crippen molar-refractivity contribution in [1.29, 1.82) is 0 Å². The molecule has 0 bridgehead atoms. The molecular weight excluding hydrogens is 452 g/mol. The maximum Gasteiger partial charge on any atom is 0.343 e. The first-order valence-electron chi connectivity index (χ1n) is 10.1. The average molecular weight is 477 g/mol. The molecule has 1 fully saturated rings. The fraction of sp³-hybridized carbons (Fsp3) is 0.391. The molecule has 3 rings (SSSR count). The zero-order valence-corrected chi connectivity index (χ0v) is 18.5. The molecular formula is C23H25BrO6. The van der Waals surface area contributed by atoms with Gasteiger partial charge in [0.2, 0.25) is 0 Å². The maximum absolute atomic E-state index is 12.4. The number of hydrogen-bond acceptors (Lipinski definition) is 6. The highest BCUT2D eigenvalue weighted by Crippen LogP contribution is 2.27. The molecule has 0 spiro atoms. The Balaban J connectivity index is 1.53. The molecule has 2 aromatic carbocycles. The fourth-order valence-electron chi connectivity index (χ4n) is 2.92. The third-order valence-electron chi connectivity index (χ3n) is 4.65. The molecule has 1 aliphatic heterocycles. The molecule has 7 heteroatoms. The van der Waals surface area contributed by atoms with Gasteiger partial charge in [-0.05, 0) is 77.7 Å².